The summed E-state index contributed by atoms with van der Waals surface area (Å²) < 4.78 is 4.81. The van der Waals surface area contributed by atoms with Crippen LogP contribution in [0.25, 0.3) is 0 Å². The maximum absolute atomic E-state index is 11.4. The molecule has 0 unspecified atom stereocenters. The van der Waals surface area contributed by atoms with Crippen LogP contribution in [0.3, 0.4) is 0 Å². The SMILES string of the molecule is CCCNC(=O)COC(=O)c1sccc1N. The minimum Gasteiger partial charge on any atom is -0.451 e. The molecule has 0 fully saturated rings. The molecule has 1 rings (SSSR count). The highest BCUT2D eigenvalue weighted by atomic mass is 32.1. The molecule has 88 valence electrons. The minimum absolute atomic E-state index is 0.268. The summed E-state index contributed by atoms with van der Waals surface area (Å²) in [4.78, 5) is 22.9. The molecule has 0 radical (unpaired) electrons. The van der Waals surface area contributed by atoms with E-state index in [0.29, 0.717) is 17.1 Å². The first kappa shape index (κ1) is 12.5. The third kappa shape index (κ3) is 3.54. The van der Waals surface area contributed by atoms with Crippen molar-refractivity contribution in [2.24, 2.45) is 0 Å². The van der Waals surface area contributed by atoms with E-state index < -0.39 is 5.97 Å². The number of thiophene rings is 1. The van der Waals surface area contributed by atoms with Gasteiger partial charge in [0.1, 0.15) is 4.88 Å². The predicted molar refractivity (Wildman–Crippen MR) is 62.3 cm³/mol. The van der Waals surface area contributed by atoms with E-state index in [1.807, 2.05) is 6.92 Å². The molecule has 3 N–H and O–H groups in total. The summed E-state index contributed by atoms with van der Waals surface area (Å²) in [6.45, 7) is 2.26. The lowest BCUT2D eigenvalue weighted by Gasteiger charge is -2.04. The first-order valence-corrected chi connectivity index (χ1v) is 5.80. The van der Waals surface area contributed by atoms with Gasteiger partial charge in [-0.1, -0.05) is 6.92 Å². The number of esters is 1. The van der Waals surface area contributed by atoms with Crippen LogP contribution < -0.4 is 11.1 Å². The Balaban J connectivity index is 2.36. The van der Waals surface area contributed by atoms with Gasteiger partial charge in [0, 0.05) is 6.54 Å². The fourth-order valence-corrected chi connectivity index (χ4v) is 1.71. The molecule has 0 aromatic carbocycles. The molecule has 0 aliphatic carbocycles. The van der Waals surface area contributed by atoms with Gasteiger partial charge in [-0.25, -0.2) is 4.79 Å². The van der Waals surface area contributed by atoms with Gasteiger partial charge < -0.3 is 15.8 Å². The van der Waals surface area contributed by atoms with Crippen molar-refractivity contribution in [1.29, 1.82) is 0 Å². The molecule has 16 heavy (non-hydrogen) atoms. The van der Waals surface area contributed by atoms with Crippen molar-refractivity contribution in [2.75, 3.05) is 18.9 Å². The zero-order chi connectivity index (χ0) is 12.0. The molecule has 1 aromatic rings. The number of amides is 1. The number of nitrogens with one attached hydrogen (secondary N) is 1. The lowest BCUT2D eigenvalue weighted by atomic mass is 10.4. The zero-order valence-electron chi connectivity index (χ0n) is 8.99. The number of anilines is 1. The van der Waals surface area contributed by atoms with Crippen LogP contribution in [0.1, 0.15) is 23.0 Å². The monoisotopic (exact) mass is 242 g/mol. The molecule has 1 heterocycles. The fourth-order valence-electron chi connectivity index (χ4n) is 0.997. The molecule has 0 saturated heterocycles. The maximum Gasteiger partial charge on any atom is 0.350 e. The fraction of sp³-hybridized carbons (Fsp3) is 0.400. The first-order valence-electron chi connectivity index (χ1n) is 4.92. The number of hydrogen-bond acceptors (Lipinski definition) is 5. The van der Waals surface area contributed by atoms with Crippen molar-refractivity contribution in [1.82, 2.24) is 5.32 Å². The Morgan fingerprint density at radius 1 is 1.56 bits per heavy atom. The molecular formula is C10H14N2O3S. The molecule has 1 amide bonds. The van der Waals surface area contributed by atoms with E-state index in [0.717, 1.165) is 6.42 Å². The van der Waals surface area contributed by atoms with E-state index in [4.69, 9.17) is 10.5 Å². The lowest BCUT2D eigenvalue weighted by Crippen LogP contribution is -2.29. The second-order valence-electron chi connectivity index (χ2n) is 3.13. The third-order valence-electron chi connectivity index (χ3n) is 1.79. The summed E-state index contributed by atoms with van der Waals surface area (Å²) >= 11 is 1.20. The zero-order valence-corrected chi connectivity index (χ0v) is 9.80. The largest absolute Gasteiger partial charge is 0.451 e. The van der Waals surface area contributed by atoms with Crippen LogP contribution in [0.15, 0.2) is 11.4 Å². The molecule has 1 aromatic heterocycles. The van der Waals surface area contributed by atoms with Gasteiger partial charge in [0.2, 0.25) is 0 Å². The van der Waals surface area contributed by atoms with E-state index >= 15 is 0 Å². The number of carbonyl (C=O) groups excluding carboxylic acids is 2. The summed E-state index contributed by atoms with van der Waals surface area (Å²) in [5.74, 6) is -0.857. The number of carbonyl (C=O) groups is 2. The number of rotatable bonds is 5. The van der Waals surface area contributed by atoms with Crippen LogP contribution >= 0.6 is 11.3 Å². The number of nitrogens with two attached hydrogens (primary N) is 1. The lowest BCUT2D eigenvalue weighted by molar-refractivity contribution is -0.124. The molecule has 0 aliphatic heterocycles. The Morgan fingerprint density at radius 2 is 2.31 bits per heavy atom. The molecule has 0 saturated carbocycles. The summed E-state index contributed by atoms with van der Waals surface area (Å²) in [5, 5.41) is 4.30. The van der Waals surface area contributed by atoms with Crippen LogP contribution in [-0.2, 0) is 9.53 Å². The highest BCUT2D eigenvalue weighted by Gasteiger charge is 2.13. The normalized spacial score (nSPS) is 9.81. The smallest absolute Gasteiger partial charge is 0.350 e. The molecule has 0 atom stereocenters. The van der Waals surface area contributed by atoms with Crippen LogP contribution in [0.5, 0.6) is 0 Å². The third-order valence-corrected chi connectivity index (χ3v) is 2.70. The minimum atomic E-state index is -0.556. The molecular weight excluding hydrogens is 228 g/mol. The number of ether oxygens (including phenoxy) is 1. The van der Waals surface area contributed by atoms with Gasteiger partial charge in [0.25, 0.3) is 5.91 Å². The molecule has 0 spiro atoms. The van der Waals surface area contributed by atoms with Crippen LogP contribution in [-0.4, -0.2) is 25.0 Å². The second-order valence-corrected chi connectivity index (χ2v) is 4.05. The van der Waals surface area contributed by atoms with Crippen molar-refractivity contribution in [3.8, 4) is 0 Å². The maximum atomic E-state index is 11.4. The first-order chi connectivity index (χ1) is 7.65. The Labute approximate surface area is 97.6 Å². The van der Waals surface area contributed by atoms with Gasteiger partial charge in [0.05, 0.1) is 5.69 Å². The van der Waals surface area contributed by atoms with Gasteiger partial charge in [-0.15, -0.1) is 11.3 Å². The van der Waals surface area contributed by atoms with Crippen molar-refractivity contribution in [2.45, 2.75) is 13.3 Å². The van der Waals surface area contributed by atoms with Crippen LogP contribution in [0.2, 0.25) is 0 Å². The number of nitrogen functional groups attached to an aromatic ring is 1. The highest BCUT2D eigenvalue weighted by molar-refractivity contribution is 7.12. The Hall–Kier alpha value is -1.56. The topological polar surface area (TPSA) is 81.4 Å². The van der Waals surface area contributed by atoms with E-state index in [1.54, 1.807) is 11.4 Å². The van der Waals surface area contributed by atoms with Gasteiger partial charge in [-0.2, -0.15) is 0 Å². The van der Waals surface area contributed by atoms with Crippen molar-refractivity contribution < 1.29 is 14.3 Å². The quantitative estimate of drug-likeness (QED) is 0.755. The van der Waals surface area contributed by atoms with Crippen LogP contribution in [0, 0.1) is 0 Å². The average molecular weight is 242 g/mol. The average Bonchev–Trinajstić information content (AvgIpc) is 2.69. The van der Waals surface area contributed by atoms with E-state index in [2.05, 4.69) is 5.32 Å². The van der Waals surface area contributed by atoms with Gasteiger partial charge in [0.15, 0.2) is 6.61 Å². The Morgan fingerprint density at radius 3 is 2.88 bits per heavy atom. The molecule has 6 heteroatoms. The predicted octanol–water partition coefficient (Wildman–Crippen LogP) is 1.01. The van der Waals surface area contributed by atoms with Gasteiger partial charge in [-0.05, 0) is 17.9 Å². The number of hydrogen-bond donors (Lipinski definition) is 2. The Kier molecular flexibility index (Phi) is 4.78. The second kappa shape index (κ2) is 6.12. The van der Waals surface area contributed by atoms with Gasteiger partial charge in [-0.3, -0.25) is 4.79 Å². The molecule has 0 bridgehead atoms. The van der Waals surface area contributed by atoms with Crippen molar-refractivity contribution >= 4 is 28.9 Å². The summed E-state index contributed by atoms with van der Waals surface area (Å²) in [6.07, 6.45) is 0.845. The van der Waals surface area contributed by atoms with Crippen molar-refractivity contribution in [3.63, 3.8) is 0 Å². The van der Waals surface area contributed by atoms with E-state index in [-0.39, 0.29) is 12.5 Å². The van der Waals surface area contributed by atoms with Gasteiger partial charge >= 0.3 is 5.97 Å². The standard InChI is InChI=1S/C10H14N2O3S/c1-2-4-12-8(13)6-15-10(14)9-7(11)3-5-16-9/h3,5H,2,4,6,11H2,1H3,(H,12,13). The van der Waals surface area contributed by atoms with E-state index in [9.17, 15) is 9.59 Å². The molecule has 0 aliphatic rings. The summed E-state index contributed by atoms with van der Waals surface area (Å²) in [7, 11) is 0. The summed E-state index contributed by atoms with van der Waals surface area (Å²) in [5.41, 5.74) is 5.92. The van der Waals surface area contributed by atoms with E-state index in [1.165, 1.54) is 11.3 Å². The summed E-state index contributed by atoms with van der Waals surface area (Å²) in [6, 6.07) is 1.62. The Bertz CT molecular complexity index is 376. The highest BCUT2D eigenvalue weighted by Crippen LogP contribution is 2.19. The molecule has 5 nitrogen and oxygen atoms in total. The van der Waals surface area contributed by atoms with Crippen molar-refractivity contribution in [3.05, 3.63) is 16.3 Å². The van der Waals surface area contributed by atoms with Crippen LogP contribution in [0.4, 0.5) is 5.69 Å².